The molecule has 1 heterocycles. The number of nitrogens with one attached hydrogen (secondary N) is 1. The Balaban J connectivity index is 1.48. The second-order valence-corrected chi connectivity index (χ2v) is 8.98. The Morgan fingerprint density at radius 2 is 1.55 bits per heavy atom. The Hall–Kier alpha value is -3.25. The van der Waals surface area contributed by atoms with Crippen LogP contribution in [0.3, 0.4) is 0 Å². The molecule has 0 aromatic heterocycles. The molecular weight excluding hydrogens is 430 g/mol. The number of nitrogens with zero attached hydrogens (tertiary/aromatic N) is 2. The highest BCUT2D eigenvalue weighted by Crippen LogP contribution is 2.31. The zero-order chi connectivity index (χ0) is 23.2. The first-order valence-corrected chi connectivity index (χ1v) is 12.5. The molecule has 1 aliphatic rings. The van der Waals surface area contributed by atoms with Crippen LogP contribution < -0.4 is 15.1 Å². The van der Waals surface area contributed by atoms with E-state index in [2.05, 4.69) is 16.3 Å². The Morgan fingerprint density at radius 3 is 2.27 bits per heavy atom. The van der Waals surface area contributed by atoms with E-state index in [1.54, 1.807) is 29.2 Å². The van der Waals surface area contributed by atoms with Crippen molar-refractivity contribution in [2.45, 2.75) is 24.2 Å². The van der Waals surface area contributed by atoms with Gasteiger partial charge in [-0.1, -0.05) is 24.3 Å². The van der Waals surface area contributed by atoms with E-state index in [0.29, 0.717) is 16.8 Å². The van der Waals surface area contributed by atoms with E-state index in [1.165, 1.54) is 31.0 Å². The summed E-state index contributed by atoms with van der Waals surface area (Å²) in [6.07, 6.45) is 5.58. The van der Waals surface area contributed by atoms with Gasteiger partial charge in [-0.3, -0.25) is 9.59 Å². The molecule has 2 amide bonds. The van der Waals surface area contributed by atoms with Crippen LogP contribution >= 0.6 is 11.8 Å². The third-order valence-electron chi connectivity index (χ3n) is 5.99. The fourth-order valence-electron chi connectivity index (χ4n) is 4.18. The monoisotopic (exact) mass is 459 g/mol. The lowest BCUT2D eigenvalue weighted by Gasteiger charge is -2.32. The fourth-order valence-corrected chi connectivity index (χ4v) is 4.78. The largest absolute Gasteiger partial charge is 0.370 e. The van der Waals surface area contributed by atoms with Crippen LogP contribution in [0.2, 0.25) is 0 Å². The Bertz CT molecular complexity index is 1120. The molecule has 1 fully saturated rings. The van der Waals surface area contributed by atoms with Crippen molar-refractivity contribution in [2.75, 3.05) is 41.5 Å². The van der Waals surface area contributed by atoms with Gasteiger partial charge in [0, 0.05) is 36.3 Å². The summed E-state index contributed by atoms with van der Waals surface area (Å²) in [6.45, 7) is 2.04. The van der Waals surface area contributed by atoms with E-state index in [-0.39, 0.29) is 11.8 Å². The molecule has 6 heteroatoms. The standard InChI is InChI=1S/C27H29N3O2S/c1-29(23-11-5-6-12-24(23)30-18-8-3-9-19-30)27(32)20-14-16-21(17-15-20)28-26(31)22-10-4-7-13-25(22)33-2/h4-7,10-17H,3,8-9,18-19H2,1-2H3,(H,28,31). The van der Waals surface area contributed by atoms with Gasteiger partial charge >= 0.3 is 0 Å². The van der Waals surface area contributed by atoms with Gasteiger partial charge in [0.05, 0.1) is 16.9 Å². The maximum Gasteiger partial charge on any atom is 0.258 e. The van der Waals surface area contributed by atoms with Gasteiger partial charge in [0.25, 0.3) is 11.8 Å². The predicted octanol–water partition coefficient (Wildman–Crippen LogP) is 5.93. The quantitative estimate of drug-likeness (QED) is 0.464. The molecule has 0 spiro atoms. The van der Waals surface area contributed by atoms with E-state index in [4.69, 9.17) is 0 Å². The average molecular weight is 460 g/mol. The number of piperidine rings is 1. The number of rotatable bonds is 6. The van der Waals surface area contributed by atoms with Gasteiger partial charge in [-0.2, -0.15) is 0 Å². The van der Waals surface area contributed by atoms with Crippen molar-refractivity contribution in [1.29, 1.82) is 0 Å². The second kappa shape index (κ2) is 10.6. The molecule has 0 atom stereocenters. The highest BCUT2D eigenvalue weighted by Gasteiger charge is 2.20. The molecule has 5 nitrogen and oxygen atoms in total. The zero-order valence-corrected chi connectivity index (χ0v) is 19.9. The first-order valence-electron chi connectivity index (χ1n) is 11.2. The third kappa shape index (κ3) is 5.22. The Kier molecular flexibility index (Phi) is 7.35. The Morgan fingerprint density at radius 1 is 0.879 bits per heavy atom. The molecule has 3 aromatic rings. The number of amides is 2. The second-order valence-electron chi connectivity index (χ2n) is 8.13. The zero-order valence-electron chi connectivity index (χ0n) is 19.1. The summed E-state index contributed by atoms with van der Waals surface area (Å²) in [5.74, 6) is -0.239. The normalized spacial score (nSPS) is 13.5. The highest BCUT2D eigenvalue weighted by atomic mass is 32.2. The van der Waals surface area contributed by atoms with Crippen molar-refractivity contribution in [1.82, 2.24) is 0 Å². The maximum absolute atomic E-state index is 13.2. The van der Waals surface area contributed by atoms with Crippen molar-refractivity contribution >= 4 is 40.6 Å². The van der Waals surface area contributed by atoms with Crippen molar-refractivity contribution in [3.63, 3.8) is 0 Å². The van der Waals surface area contributed by atoms with Gasteiger partial charge in [-0.15, -0.1) is 11.8 Å². The maximum atomic E-state index is 13.2. The van der Waals surface area contributed by atoms with Gasteiger partial charge in [0.1, 0.15) is 0 Å². The van der Waals surface area contributed by atoms with Crippen LogP contribution in [0.5, 0.6) is 0 Å². The number of para-hydroxylation sites is 2. The minimum atomic E-state index is -0.161. The summed E-state index contributed by atoms with van der Waals surface area (Å²) in [6, 6.07) is 22.7. The van der Waals surface area contributed by atoms with Gasteiger partial charge in [0.15, 0.2) is 0 Å². The van der Waals surface area contributed by atoms with Gasteiger partial charge in [-0.25, -0.2) is 0 Å². The summed E-state index contributed by atoms with van der Waals surface area (Å²) < 4.78 is 0. The average Bonchev–Trinajstić information content (AvgIpc) is 2.88. The summed E-state index contributed by atoms with van der Waals surface area (Å²) >= 11 is 1.54. The molecule has 0 bridgehead atoms. The van der Waals surface area contributed by atoms with Crippen LogP contribution in [0.4, 0.5) is 17.1 Å². The number of thioether (sulfide) groups is 1. The number of hydrogen-bond donors (Lipinski definition) is 1. The lowest BCUT2D eigenvalue weighted by atomic mass is 10.1. The third-order valence-corrected chi connectivity index (χ3v) is 6.78. The molecule has 0 aliphatic carbocycles. The Labute approximate surface area is 199 Å². The fraction of sp³-hybridized carbons (Fsp3) is 0.259. The van der Waals surface area contributed by atoms with Crippen molar-refractivity contribution < 1.29 is 9.59 Å². The first-order chi connectivity index (χ1) is 16.1. The molecule has 33 heavy (non-hydrogen) atoms. The molecule has 1 aliphatic heterocycles. The smallest absolute Gasteiger partial charge is 0.258 e. The van der Waals surface area contributed by atoms with E-state index < -0.39 is 0 Å². The number of carbonyl (C=O) groups is 2. The SMILES string of the molecule is CSc1ccccc1C(=O)Nc1ccc(C(=O)N(C)c2ccccc2N2CCCCC2)cc1. The van der Waals surface area contributed by atoms with E-state index >= 15 is 0 Å². The molecular formula is C27H29N3O2S. The lowest BCUT2D eigenvalue weighted by Crippen LogP contribution is -2.33. The summed E-state index contributed by atoms with van der Waals surface area (Å²) in [7, 11) is 1.82. The first kappa shape index (κ1) is 22.9. The highest BCUT2D eigenvalue weighted by molar-refractivity contribution is 7.98. The van der Waals surface area contributed by atoms with Crippen LogP contribution in [-0.2, 0) is 0 Å². The lowest BCUT2D eigenvalue weighted by molar-refractivity contribution is 0.0991. The molecule has 0 unspecified atom stereocenters. The summed E-state index contributed by atoms with van der Waals surface area (Å²) in [5, 5.41) is 2.93. The molecule has 0 radical (unpaired) electrons. The minimum absolute atomic E-state index is 0.0786. The van der Waals surface area contributed by atoms with Crippen LogP contribution in [0, 0.1) is 0 Å². The van der Waals surface area contributed by atoms with Crippen LogP contribution in [0.25, 0.3) is 0 Å². The van der Waals surface area contributed by atoms with Crippen molar-refractivity contribution in [2.24, 2.45) is 0 Å². The minimum Gasteiger partial charge on any atom is -0.370 e. The predicted molar refractivity (Wildman–Crippen MR) is 138 cm³/mol. The molecule has 3 aromatic carbocycles. The summed E-state index contributed by atoms with van der Waals surface area (Å²) in [5.41, 5.74) is 3.89. The number of benzene rings is 3. The van der Waals surface area contributed by atoms with Crippen LogP contribution in [0.15, 0.2) is 77.7 Å². The molecule has 1 saturated heterocycles. The molecule has 4 rings (SSSR count). The summed E-state index contributed by atoms with van der Waals surface area (Å²) in [4.78, 5) is 30.9. The van der Waals surface area contributed by atoms with Crippen molar-refractivity contribution in [3.8, 4) is 0 Å². The van der Waals surface area contributed by atoms with Gasteiger partial charge in [0.2, 0.25) is 0 Å². The topological polar surface area (TPSA) is 52.7 Å². The number of carbonyl (C=O) groups excluding carboxylic acids is 2. The van der Waals surface area contributed by atoms with E-state index in [9.17, 15) is 9.59 Å². The van der Waals surface area contributed by atoms with E-state index in [0.717, 1.165) is 29.4 Å². The molecule has 0 saturated carbocycles. The van der Waals surface area contributed by atoms with E-state index in [1.807, 2.05) is 55.8 Å². The van der Waals surface area contributed by atoms with Gasteiger partial charge < -0.3 is 15.1 Å². The molecule has 170 valence electrons. The number of anilines is 3. The van der Waals surface area contributed by atoms with Crippen LogP contribution in [0.1, 0.15) is 40.0 Å². The molecule has 1 N–H and O–H groups in total. The van der Waals surface area contributed by atoms with Crippen molar-refractivity contribution in [3.05, 3.63) is 83.9 Å². The van der Waals surface area contributed by atoms with Gasteiger partial charge in [-0.05, 0) is 74.0 Å². The number of hydrogen-bond acceptors (Lipinski definition) is 4. The van der Waals surface area contributed by atoms with Crippen LogP contribution in [-0.4, -0.2) is 38.2 Å².